The zero-order valence-corrected chi connectivity index (χ0v) is 22.6. The van der Waals surface area contributed by atoms with Crippen molar-refractivity contribution in [2.75, 3.05) is 19.4 Å². The number of sulfonamides is 1. The third-order valence-corrected chi connectivity index (χ3v) is 8.14. The van der Waals surface area contributed by atoms with Gasteiger partial charge in [-0.15, -0.1) is 27.6 Å². The number of halogens is 3. The molecule has 0 saturated heterocycles. The third kappa shape index (κ3) is 6.39. The van der Waals surface area contributed by atoms with Crippen molar-refractivity contribution >= 4 is 62.8 Å². The molecule has 1 fully saturated rings. The Hall–Kier alpha value is -2.59. The molecule has 0 bridgehead atoms. The lowest BCUT2D eigenvalue weighted by Crippen LogP contribution is -2.15. The van der Waals surface area contributed by atoms with E-state index in [2.05, 4.69) is 14.8 Å². The van der Waals surface area contributed by atoms with E-state index in [1.165, 1.54) is 17.3 Å². The first kappa shape index (κ1) is 26.5. The number of rotatable bonds is 9. The fraction of sp³-hybridized carbons (Fsp3) is 0.292. The summed E-state index contributed by atoms with van der Waals surface area (Å²) >= 11 is 18.4. The van der Waals surface area contributed by atoms with Crippen molar-refractivity contribution in [3.63, 3.8) is 0 Å². The van der Waals surface area contributed by atoms with E-state index < -0.39 is 14.4 Å². The summed E-state index contributed by atoms with van der Waals surface area (Å²) in [5, 5.41) is 7.56. The van der Waals surface area contributed by atoms with E-state index in [4.69, 9.17) is 34.8 Å². The highest BCUT2D eigenvalue weighted by Crippen LogP contribution is 2.53. The molecule has 8 nitrogen and oxygen atoms in total. The predicted molar refractivity (Wildman–Crippen MR) is 143 cm³/mol. The number of carbonyl (C=O) groups excluding carboxylic acids is 1. The lowest BCUT2D eigenvalue weighted by atomic mass is 10.1. The van der Waals surface area contributed by atoms with Crippen LogP contribution in [-0.2, 0) is 27.8 Å². The highest BCUT2D eigenvalue weighted by atomic mass is 35.5. The Morgan fingerprint density at radius 2 is 2.00 bits per heavy atom. The molecule has 4 rings (SSSR count). The minimum absolute atomic E-state index is 0.0405. The van der Waals surface area contributed by atoms with Crippen molar-refractivity contribution in [2.24, 2.45) is 10.3 Å². The molecule has 36 heavy (non-hydrogen) atoms. The summed E-state index contributed by atoms with van der Waals surface area (Å²) in [6.45, 7) is 0.518. The number of amides is 1. The fourth-order valence-electron chi connectivity index (χ4n) is 3.58. The van der Waals surface area contributed by atoms with Crippen LogP contribution < -0.4 is 5.32 Å². The molecule has 1 atom stereocenters. The van der Waals surface area contributed by atoms with Gasteiger partial charge in [0.1, 0.15) is 10.7 Å². The molecule has 190 valence electrons. The van der Waals surface area contributed by atoms with Crippen LogP contribution in [0.3, 0.4) is 0 Å². The van der Waals surface area contributed by atoms with Crippen molar-refractivity contribution in [3.05, 3.63) is 65.4 Å². The Balaban J connectivity index is 1.63. The molecule has 2 aromatic carbocycles. The Morgan fingerprint density at radius 1 is 1.28 bits per heavy atom. The Morgan fingerprint density at radius 3 is 2.67 bits per heavy atom. The number of alkyl halides is 2. The smallest absolute Gasteiger partial charge is 0.284 e. The van der Waals surface area contributed by atoms with E-state index in [1.54, 1.807) is 67.6 Å². The largest absolute Gasteiger partial charge is 0.368 e. The second kappa shape index (κ2) is 10.4. The zero-order chi connectivity index (χ0) is 26.1. The number of aromatic nitrogens is 2. The zero-order valence-electron chi connectivity index (χ0n) is 19.5. The van der Waals surface area contributed by atoms with Crippen molar-refractivity contribution in [1.29, 1.82) is 0 Å². The molecule has 0 spiro atoms. The summed E-state index contributed by atoms with van der Waals surface area (Å²) in [6.07, 6.45) is 5.23. The maximum Gasteiger partial charge on any atom is 0.284 e. The van der Waals surface area contributed by atoms with E-state index >= 15 is 0 Å². The van der Waals surface area contributed by atoms with Gasteiger partial charge in [-0.2, -0.15) is 13.5 Å². The average molecular weight is 569 g/mol. The molecule has 1 amide bonds. The second-order valence-electron chi connectivity index (χ2n) is 8.80. The van der Waals surface area contributed by atoms with Gasteiger partial charge in [-0.05, 0) is 30.2 Å². The lowest BCUT2D eigenvalue weighted by Gasteiger charge is -2.12. The van der Waals surface area contributed by atoms with Crippen LogP contribution >= 0.6 is 34.8 Å². The Bertz CT molecular complexity index is 1420. The van der Waals surface area contributed by atoms with E-state index in [0.717, 1.165) is 0 Å². The minimum atomic E-state index is -4.10. The van der Waals surface area contributed by atoms with Gasteiger partial charge in [0.15, 0.2) is 0 Å². The molecule has 1 N–H and O–H groups in total. The molecule has 1 saturated carbocycles. The average Bonchev–Trinajstić information content (AvgIpc) is 3.16. The summed E-state index contributed by atoms with van der Waals surface area (Å²) in [6, 6.07) is 11.7. The first-order valence-corrected chi connectivity index (χ1v) is 13.6. The first-order chi connectivity index (χ1) is 16.9. The quantitative estimate of drug-likeness (QED) is 0.226. The molecule has 1 unspecified atom stereocenters. The molecule has 12 heteroatoms. The van der Waals surface area contributed by atoms with Crippen molar-refractivity contribution in [3.8, 4) is 11.1 Å². The summed E-state index contributed by atoms with van der Waals surface area (Å²) in [5.74, 6) is -0.254. The Kier molecular flexibility index (Phi) is 7.66. The number of hydrogen-bond acceptors (Lipinski definition) is 4. The predicted octanol–water partition coefficient (Wildman–Crippen LogP) is 4.86. The minimum Gasteiger partial charge on any atom is -0.368 e. The first-order valence-electron chi connectivity index (χ1n) is 11.0. The summed E-state index contributed by atoms with van der Waals surface area (Å²) in [4.78, 5) is 14.1. The second-order valence-corrected chi connectivity index (χ2v) is 12.4. The van der Waals surface area contributed by atoms with Crippen LogP contribution in [0.1, 0.15) is 12.0 Å². The monoisotopic (exact) mass is 567 g/mol. The fourth-order valence-corrected chi connectivity index (χ4v) is 5.46. The van der Waals surface area contributed by atoms with E-state index in [9.17, 15) is 13.2 Å². The standard InChI is InChI=1S/C24H24Cl3N5O3S/c1-31(2)15-29-36(34,35)22-10-19(30-23(33)9-16-5-3-4-6-21(16)25)7-8-20(22)17-12-28-32(13-17)14-18-11-24(18,26)27/h3-8,10,12-13,15,18H,9,11,14H2,1-2H3,(H,30,33)/b29-15+. The van der Waals surface area contributed by atoms with Crippen LogP contribution in [0.4, 0.5) is 5.69 Å². The Labute approximate surface area is 224 Å². The number of anilines is 1. The van der Waals surface area contributed by atoms with Crippen LogP contribution in [0.2, 0.25) is 5.02 Å². The highest BCUT2D eigenvalue weighted by molar-refractivity contribution is 7.90. The van der Waals surface area contributed by atoms with Gasteiger partial charge >= 0.3 is 0 Å². The molecule has 1 heterocycles. The van der Waals surface area contributed by atoms with Crippen LogP contribution in [0.25, 0.3) is 11.1 Å². The van der Waals surface area contributed by atoms with Crippen LogP contribution in [0, 0.1) is 5.92 Å². The van der Waals surface area contributed by atoms with E-state index in [-0.39, 0.29) is 23.1 Å². The molecular formula is C24H24Cl3N5O3S. The maximum absolute atomic E-state index is 13.2. The number of nitrogens with one attached hydrogen (secondary N) is 1. The van der Waals surface area contributed by atoms with E-state index in [1.807, 2.05) is 0 Å². The highest BCUT2D eigenvalue weighted by Gasteiger charge is 2.51. The molecule has 1 aliphatic carbocycles. The van der Waals surface area contributed by atoms with Gasteiger partial charge in [-0.1, -0.05) is 35.9 Å². The summed E-state index contributed by atoms with van der Waals surface area (Å²) in [5.41, 5.74) is 1.96. The van der Waals surface area contributed by atoms with Gasteiger partial charge in [0.2, 0.25) is 5.91 Å². The van der Waals surface area contributed by atoms with Gasteiger partial charge in [0, 0.05) is 54.6 Å². The number of benzene rings is 2. The van der Waals surface area contributed by atoms with Gasteiger partial charge in [0.05, 0.1) is 17.5 Å². The molecule has 0 radical (unpaired) electrons. The normalized spacial score (nSPS) is 16.8. The van der Waals surface area contributed by atoms with Gasteiger partial charge in [-0.3, -0.25) is 9.48 Å². The molecular weight excluding hydrogens is 545 g/mol. The molecule has 1 aliphatic rings. The number of carbonyl (C=O) groups is 1. The van der Waals surface area contributed by atoms with Crippen molar-refractivity contribution in [1.82, 2.24) is 14.7 Å². The third-order valence-electron chi connectivity index (χ3n) is 5.58. The van der Waals surface area contributed by atoms with Crippen molar-refractivity contribution < 1.29 is 13.2 Å². The SMILES string of the molecule is CN(C)/C=N/S(=O)(=O)c1cc(NC(=O)Cc2ccccc2Cl)ccc1-c1cnn(CC2CC2(Cl)Cl)c1. The maximum atomic E-state index is 13.2. The molecule has 0 aliphatic heterocycles. The van der Waals surface area contributed by atoms with Crippen LogP contribution in [-0.4, -0.2) is 53.8 Å². The summed E-state index contributed by atoms with van der Waals surface area (Å²) < 4.78 is 31.1. The summed E-state index contributed by atoms with van der Waals surface area (Å²) in [7, 11) is -0.767. The van der Waals surface area contributed by atoms with E-state index in [0.29, 0.717) is 40.4 Å². The molecule has 1 aromatic heterocycles. The van der Waals surface area contributed by atoms with Crippen molar-refractivity contribution in [2.45, 2.75) is 28.6 Å². The van der Waals surface area contributed by atoms with Crippen LogP contribution in [0.15, 0.2) is 64.2 Å². The lowest BCUT2D eigenvalue weighted by molar-refractivity contribution is -0.115. The van der Waals surface area contributed by atoms with Gasteiger partial charge in [0.25, 0.3) is 10.0 Å². The van der Waals surface area contributed by atoms with Gasteiger partial charge < -0.3 is 10.2 Å². The topological polar surface area (TPSA) is 96.7 Å². The molecule has 3 aromatic rings. The number of hydrogen-bond donors (Lipinski definition) is 1. The van der Waals surface area contributed by atoms with Gasteiger partial charge in [-0.25, -0.2) is 0 Å². The van der Waals surface area contributed by atoms with Crippen LogP contribution in [0.5, 0.6) is 0 Å². The number of nitrogens with zero attached hydrogens (tertiary/aromatic N) is 4.